The molecule has 0 atom stereocenters. The first-order valence-corrected chi connectivity index (χ1v) is 6.68. The van der Waals surface area contributed by atoms with E-state index in [0.29, 0.717) is 30.1 Å². The molecule has 5 nitrogen and oxygen atoms in total. The van der Waals surface area contributed by atoms with E-state index in [4.69, 9.17) is 0 Å². The van der Waals surface area contributed by atoms with Crippen molar-refractivity contribution in [2.24, 2.45) is 11.3 Å². The number of nitrogens with one attached hydrogen (secondary N) is 1. The van der Waals surface area contributed by atoms with Crippen molar-refractivity contribution in [3.8, 4) is 6.07 Å². The first kappa shape index (κ1) is 12.7. The van der Waals surface area contributed by atoms with Crippen molar-refractivity contribution in [1.82, 2.24) is 0 Å². The number of nitrogens with zero attached hydrogens (tertiary/aromatic N) is 2. The molecule has 2 amide bonds. The number of hydrogen-bond donors (Lipinski definition) is 1. The highest BCUT2D eigenvalue weighted by Crippen LogP contribution is 2.47. The molecular weight excluding hydrogens is 254 g/mol. The Hall–Kier alpha value is -2.35. The molecule has 20 heavy (non-hydrogen) atoms. The lowest BCUT2D eigenvalue weighted by Gasteiger charge is -2.43. The van der Waals surface area contributed by atoms with Crippen LogP contribution in [0.4, 0.5) is 11.4 Å². The van der Waals surface area contributed by atoms with Gasteiger partial charge in [-0.25, -0.2) is 0 Å². The van der Waals surface area contributed by atoms with Crippen LogP contribution in [-0.2, 0) is 9.59 Å². The minimum Gasteiger partial charge on any atom is -0.323 e. The van der Waals surface area contributed by atoms with Gasteiger partial charge in [0.15, 0.2) is 0 Å². The molecule has 0 bridgehead atoms. The van der Waals surface area contributed by atoms with Crippen molar-refractivity contribution >= 4 is 23.2 Å². The maximum atomic E-state index is 12.7. The molecule has 1 N–H and O–H groups in total. The first-order valence-electron chi connectivity index (χ1n) is 6.68. The lowest BCUT2D eigenvalue weighted by atomic mass is 9.62. The summed E-state index contributed by atoms with van der Waals surface area (Å²) >= 11 is 0. The fraction of sp³-hybridized carbons (Fsp3) is 0.400. The second-order valence-electron chi connectivity index (χ2n) is 5.66. The van der Waals surface area contributed by atoms with Gasteiger partial charge in [-0.1, -0.05) is 19.1 Å². The van der Waals surface area contributed by atoms with Crippen molar-refractivity contribution in [1.29, 1.82) is 5.26 Å². The maximum absolute atomic E-state index is 12.7. The molecule has 1 aliphatic heterocycles. The highest BCUT2D eigenvalue weighted by molar-refractivity contribution is 6.12. The summed E-state index contributed by atoms with van der Waals surface area (Å²) in [6, 6.07) is 9.34. The maximum Gasteiger partial charge on any atom is 0.248 e. The van der Waals surface area contributed by atoms with Crippen LogP contribution in [0.1, 0.15) is 19.8 Å². The number of benzene rings is 1. The Balaban J connectivity index is 1.97. The Labute approximate surface area is 117 Å². The van der Waals surface area contributed by atoms with E-state index >= 15 is 0 Å². The van der Waals surface area contributed by atoms with Gasteiger partial charge in [-0.05, 0) is 30.9 Å². The Bertz CT molecular complexity index is 626. The number of anilines is 2. The number of rotatable bonds is 1. The number of carbonyl (C=O) groups excluding carboxylic acids is 2. The minimum absolute atomic E-state index is 0.0202. The summed E-state index contributed by atoms with van der Waals surface area (Å²) in [5, 5.41) is 12.1. The third kappa shape index (κ3) is 1.76. The van der Waals surface area contributed by atoms with Gasteiger partial charge in [0, 0.05) is 0 Å². The fourth-order valence-corrected chi connectivity index (χ4v) is 3.12. The van der Waals surface area contributed by atoms with Crippen molar-refractivity contribution in [3.05, 3.63) is 24.3 Å². The Kier molecular flexibility index (Phi) is 2.75. The van der Waals surface area contributed by atoms with E-state index in [9.17, 15) is 14.9 Å². The Morgan fingerprint density at radius 1 is 1.45 bits per heavy atom. The summed E-state index contributed by atoms with van der Waals surface area (Å²) in [4.78, 5) is 25.9. The fourth-order valence-electron chi connectivity index (χ4n) is 3.12. The predicted octanol–water partition coefficient (Wildman–Crippen LogP) is 1.91. The number of carbonyl (C=O) groups is 2. The molecule has 1 heterocycles. The number of amides is 2. The quantitative estimate of drug-likeness (QED) is 0.846. The molecule has 1 aromatic carbocycles. The molecule has 1 aliphatic carbocycles. The summed E-state index contributed by atoms with van der Waals surface area (Å²) in [6.45, 7) is 2.01. The molecule has 0 radical (unpaired) electrons. The second kappa shape index (κ2) is 4.34. The Morgan fingerprint density at radius 2 is 2.15 bits per heavy atom. The summed E-state index contributed by atoms with van der Waals surface area (Å²) in [7, 11) is 0. The first-order chi connectivity index (χ1) is 9.55. The molecular formula is C15H15N3O2. The lowest BCUT2D eigenvalue weighted by Crippen LogP contribution is -2.53. The van der Waals surface area contributed by atoms with E-state index in [-0.39, 0.29) is 18.4 Å². The molecule has 1 fully saturated rings. The monoisotopic (exact) mass is 269 g/mol. The highest BCUT2D eigenvalue weighted by atomic mass is 16.2. The topological polar surface area (TPSA) is 73.2 Å². The number of para-hydroxylation sites is 2. The zero-order valence-corrected chi connectivity index (χ0v) is 11.2. The van der Waals surface area contributed by atoms with Crippen molar-refractivity contribution in [3.63, 3.8) is 0 Å². The number of hydrogen-bond acceptors (Lipinski definition) is 3. The van der Waals surface area contributed by atoms with E-state index < -0.39 is 5.41 Å². The van der Waals surface area contributed by atoms with Crippen molar-refractivity contribution in [2.45, 2.75) is 19.8 Å². The van der Waals surface area contributed by atoms with Crippen LogP contribution >= 0.6 is 0 Å². The van der Waals surface area contributed by atoms with Gasteiger partial charge in [-0.3, -0.25) is 14.5 Å². The van der Waals surface area contributed by atoms with Gasteiger partial charge in [-0.2, -0.15) is 5.26 Å². The standard InChI is InChI=1S/C15H15N3O2/c1-10-6-15(7-10,9-16)14(20)18-8-13(19)17-11-4-2-3-5-12(11)18/h2-5,10H,6-8H2,1H3,(H,17,19). The van der Waals surface area contributed by atoms with E-state index in [1.165, 1.54) is 4.90 Å². The van der Waals surface area contributed by atoms with Gasteiger partial charge in [0.1, 0.15) is 12.0 Å². The third-order valence-electron chi connectivity index (χ3n) is 4.03. The zero-order chi connectivity index (χ0) is 14.3. The van der Waals surface area contributed by atoms with Crippen LogP contribution in [0.5, 0.6) is 0 Å². The van der Waals surface area contributed by atoms with Crippen LogP contribution in [0.15, 0.2) is 24.3 Å². The van der Waals surface area contributed by atoms with Gasteiger partial charge in [0.25, 0.3) is 0 Å². The zero-order valence-electron chi connectivity index (χ0n) is 11.2. The second-order valence-corrected chi connectivity index (χ2v) is 5.66. The van der Waals surface area contributed by atoms with Crippen LogP contribution in [0.2, 0.25) is 0 Å². The third-order valence-corrected chi connectivity index (χ3v) is 4.03. The number of fused-ring (bicyclic) bond motifs is 1. The van der Waals surface area contributed by atoms with Crippen molar-refractivity contribution in [2.75, 3.05) is 16.8 Å². The molecule has 0 unspecified atom stereocenters. The van der Waals surface area contributed by atoms with E-state index in [1.54, 1.807) is 18.2 Å². The summed E-state index contributed by atoms with van der Waals surface area (Å²) < 4.78 is 0. The average Bonchev–Trinajstić information content (AvgIpc) is 2.42. The molecule has 1 aromatic rings. The summed E-state index contributed by atoms with van der Waals surface area (Å²) in [6.07, 6.45) is 1.14. The molecule has 1 saturated carbocycles. The summed E-state index contributed by atoms with van der Waals surface area (Å²) in [5.74, 6) is -0.0922. The van der Waals surface area contributed by atoms with E-state index in [1.807, 2.05) is 13.0 Å². The molecule has 0 aromatic heterocycles. The summed E-state index contributed by atoms with van der Waals surface area (Å²) in [5.41, 5.74) is 0.341. The van der Waals surface area contributed by atoms with Gasteiger partial charge >= 0.3 is 0 Å². The lowest BCUT2D eigenvalue weighted by molar-refractivity contribution is -0.132. The predicted molar refractivity (Wildman–Crippen MR) is 73.9 cm³/mol. The van der Waals surface area contributed by atoms with Crippen LogP contribution in [-0.4, -0.2) is 18.4 Å². The van der Waals surface area contributed by atoms with Crippen LogP contribution in [0.3, 0.4) is 0 Å². The number of nitriles is 1. The van der Waals surface area contributed by atoms with Crippen LogP contribution in [0, 0.1) is 22.7 Å². The molecule has 102 valence electrons. The minimum atomic E-state index is -0.954. The van der Waals surface area contributed by atoms with Gasteiger partial charge in [0.2, 0.25) is 11.8 Å². The van der Waals surface area contributed by atoms with E-state index in [2.05, 4.69) is 11.4 Å². The molecule has 5 heteroatoms. The van der Waals surface area contributed by atoms with Gasteiger partial charge in [0.05, 0.1) is 17.4 Å². The average molecular weight is 269 g/mol. The molecule has 3 rings (SSSR count). The van der Waals surface area contributed by atoms with Gasteiger partial charge in [-0.15, -0.1) is 0 Å². The van der Waals surface area contributed by atoms with Gasteiger partial charge < -0.3 is 5.32 Å². The largest absolute Gasteiger partial charge is 0.323 e. The van der Waals surface area contributed by atoms with Crippen LogP contribution < -0.4 is 10.2 Å². The van der Waals surface area contributed by atoms with E-state index in [0.717, 1.165) is 0 Å². The normalized spacial score (nSPS) is 27.9. The smallest absolute Gasteiger partial charge is 0.248 e. The molecule has 0 saturated heterocycles. The Morgan fingerprint density at radius 3 is 2.80 bits per heavy atom. The van der Waals surface area contributed by atoms with Crippen LogP contribution in [0.25, 0.3) is 0 Å². The SMILES string of the molecule is CC1CC(C#N)(C(=O)N2CC(=O)Nc3ccccc32)C1. The molecule has 2 aliphatic rings. The highest BCUT2D eigenvalue weighted by Gasteiger charge is 2.51. The van der Waals surface area contributed by atoms with Crippen molar-refractivity contribution < 1.29 is 9.59 Å². The molecule has 0 spiro atoms.